The minimum Gasteiger partial charge on any atom is -0.310 e. The molecular weight excluding hydrogens is 502 g/mol. The van der Waals surface area contributed by atoms with Gasteiger partial charge in [0.25, 0.3) is 0 Å². The molecule has 0 aliphatic heterocycles. The largest absolute Gasteiger partial charge is 0.310 e. The van der Waals surface area contributed by atoms with Gasteiger partial charge in [-0.25, -0.2) is 0 Å². The Morgan fingerprint density at radius 3 is 2.13 bits per heavy atom. The third kappa shape index (κ3) is 4.60. The number of hydrogen-bond donors (Lipinski definition) is 0. The number of halogens is 1. The topological polar surface area (TPSA) is 3.24 Å². The van der Waals surface area contributed by atoms with Crippen LogP contribution >= 0.6 is 22.9 Å². The summed E-state index contributed by atoms with van der Waals surface area (Å²) in [6.45, 7) is 8.99. The highest BCUT2D eigenvalue weighted by Gasteiger charge is 2.20. The molecule has 0 radical (unpaired) electrons. The smallest absolute Gasteiger partial charge is 0.0491 e. The molecule has 0 fully saturated rings. The second-order valence-corrected chi connectivity index (χ2v) is 12.4. The third-order valence-corrected chi connectivity index (χ3v) is 8.52. The average molecular weight is 532 g/mol. The van der Waals surface area contributed by atoms with E-state index in [0.29, 0.717) is 0 Å². The standard InChI is InChI=1S/C35H30ClNS/c1-23-18-26(35(2,3)4)14-17-32(23)37(29-20-25(19-27(36)21-29)24-10-6-5-7-11-24)28-15-16-31-30-12-8-9-13-33(30)38-34(31)22-28/h5-22H,1-4H3. The fourth-order valence-electron chi connectivity index (χ4n) is 5.15. The quantitative estimate of drug-likeness (QED) is 0.218. The zero-order chi connectivity index (χ0) is 26.4. The van der Waals surface area contributed by atoms with Crippen LogP contribution in [0.15, 0.2) is 109 Å². The summed E-state index contributed by atoms with van der Waals surface area (Å²) in [6, 6.07) is 39.1. The molecule has 0 bridgehead atoms. The van der Waals surface area contributed by atoms with Crippen LogP contribution in [0, 0.1) is 6.92 Å². The van der Waals surface area contributed by atoms with Crippen LogP contribution in [0.3, 0.4) is 0 Å². The van der Waals surface area contributed by atoms with Gasteiger partial charge in [0.1, 0.15) is 0 Å². The van der Waals surface area contributed by atoms with Gasteiger partial charge in [0.05, 0.1) is 0 Å². The highest BCUT2D eigenvalue weighted by atomic mass is 35.5. The maximum absolute atomic E-state index is 6.77. The lowest BCUT2D eigenvalue weighted by Gasteiger charge is -2.29. The molecule has 6 rings (SSSR count). The van der Waals surface area contributed by atoms with Crippen LogP contribution < -0.4 is 4.90 Å². The number of anilines is 3. The Balaban J connectivity index is 1.57. The molecule has 1 heterocycles. The van der Waals surface area contributed by atoms with Crippen LogP contribution in [0.2, 0.25) is 5.02 Å². The van der Waals surface area contributed by atoms with Gasteiger partial charge in [-0.05, 0) is 77.1 Å². The van der Waals surface area contributed by atoms with Gasteiger partial charge < -0.3 is 4.90 Å². The predicted octanol–water partition coefficient (Wildman–Crippen LogP) is 11.5. The van der Waals surface area contributed by atoms with Crippen molar-refractivity contribution in [3.8, 4) is 11.1 Å². The summed E-state index contributed by atoms with van der Waals surface area (Å²) in [4.78, 5) is 2.35. The third-order valence-electron chi connectivity index (χ3n) is 7.17. The zero-order valence-electron chi connectivity index (χ0n) is 22.1. The van der Waals surface area contributed by atoms with Gasteiger partial charge in [-0.2, -0.15) is 0 Å². The number of benzene rings is 5. The van der Waals surface area contributed by atoms with Crippen LogP contribution in [0.25, 0.3) is 31.3 Å². The summed E-state index contributed by atoms with van der Waals surface area (Å²) in [5.41, 5.74) is 8.21. The van der Waals surface area contributed by atoms with Gasteiger partial charge in [-0.15, -0.1) is 11.3 Å². The Hall–Kier alpha value is -3.59. The van der Waals surface area contributed by atoms with E-state index in [1.54, 1.807) is 0 Å². The van der Waals surface area contributed by atoms with E-state index in [1.807, 2.05) is 23.5 Å². The summed E-state index contributed by atoms with van der Waals surface area (Å²) in [5.74, 6) is 0. The molecule has 0 saturated carbocycles. The van der Waals surface area contributed by atoms with Gasteiger partial charge in [-0.1, -0.05) is 99.1 Å². The molecule has 0 atom stereocenters. The van der Waals surface area contributed by atoms with E-state index in [9.17, 15) is 0 Å². The molecule has 6 aromatic rings. The normalized spacial score (nSPS) is 11.8. The molecule has 0 N–H and O–H groups in total. The first kappa shape index (κ1) is 24.7. The molecule has 1 aromatic heterocycles. The van der Waals surface area contributed by atoms with E-state index in [4.69, 9.17) is 11.6 Å². The SMILES string of the molecule is Cc1cc(C(C)(C)C)ccc1N(c1cc(Cl)cc(-c2ccccc2)c1)c1ccc2c(c1)sc1ccccc12. The van der Waals surface area contributed by atoms with Gasteiger partial charge in [0.2, 0.25) is 0 Å². The molecule has 1 nitrogen and oxygen atoms in total. The average Bonchev–Trinajstić information content (AvgIpc) is 3.27. The zero-order valence-corrected chi connectivity index (χ0v) is 23.7. The lowest BCUT2D eigenvalue weighted by molar-refractivity contribution is 0.590. The Morgan fingerprint density at radius 2 is 1.37 bits per heavy atom. The van der Waals surface area contributed by atoms with Crippen LogP contribution in [0.4, 0.5) is 17.1 Å². The molecule has 0 saturated heterocycles. The molecule has 5 aromatic carbocycles. The molecule has 3 heteroatoms. The summed E-state index contributed by atoms with van der Waals surface area (Å²) in [6.07, 6.45) is 0. The Kier molecular flexibility index (Phi) is 6.26. The van der Waals surface area contributed by atoms with Crippen molar-refractivity contribution in [2.24, 2.45) is 0 Å². The highest BCUT2D eigenvalue weighted by molar-refractivity contribution is 7.25. The number of fused-ring (bicyclic) bond motifs is 3. The molecule has 188 valence electrons. The minimum atomic E-state index is 0.0840. The molecule has 38 heavy (non-hydrogen) atoms. The van der Waals surface area contributed by atoms with Crippen molar-refractivity contribution in [3.63, 3.8) is 0 Å². The van der Waals surface area contributed by atoms with E-state index >= 15 is 0 Å². The number of hydrogen-bond acceptors (Lipinski definition) is 2. The van der Waals surface area contributed by atoms with Crippen LogP contribution in [0.5, 0.6) is 0 Å². The van der Waals surface area contributed by atoms with Crippen LogP contribution in [-0.4, -0.2) is 0 Å². The summed E-state index contributed by atoms with van der Waals surface area (Å²) >= 11 is 8.61. The summed E-state index contributed by atoms with van der Waals surface area (Å²) in [5, 5.41) is 3.33. The van der Waals surface area contributed by atoms with Crippen molar-refractivity contribution in [1.29, 1.82) is 0 Å². The lowest BCUT2D eigenvalue weighted by atomic mass is 9.86. The van der Waals surface area contributed by atoms with Crippen LogP contribution in [0.1, 0.15) is 31.9 Å². The first-order valence-corrected chi connectivity index (χ1v) is 14.2. The van der Waals surface area contributed by atoms with Crippen molar-refractivity contribution >= 4 is 60.2 Å². The van der Waals surface area contributed by atoms with E-state index in [2.05, 4.69) is 130 Å². The van der Waals surface area contributed by atoms with Gasteiger partial charge in [0.15, 0.2) is 0 Å². The molecule has 0 aliphatic rings. The number of aryl methyl sites for hydroxylation is 1. The molecule has 0 aliphatic carbocycles. The Bertz CT molecular complexity index is 1780. The van der Waals surface area contributed by atoms with Gasteiger partial charge in [-0.3, -0.25) is 0 Å². The lowest BCUT2D eigenvalue weighted by Crippen LogP contribution is -2.14. The Labute approximate surface area is 233 Å². The molecule has 0 spiro atoms. The predicted molar refractivity (Wildman–Crippen MR) is 168 cm³/mol. The molecular formula is C35H30ClNS. The van der Waals surface area contributed by atoms with Crippen LogP contribution in [-0.2, 0) is 5.41 Å². The van der Waals surface area contributed by atoms with Gasteiger partial charge in [0, 0.05) is 42.3 Å². The van der Waals surface area contributed by atoms with Crippen molar-refractivity contribution in [2.75, 3.05) is 4.90 Å². The van der Waals surface area contributed by atoms with E-state index in [-0.39, 0.29) is 5.41 Å². The first-order valence-electron chi connectivity index (χ1n) is 13.0. The maximum Gasteiger partial charge on any atom is 0.0491 e. The van der Waals surface area contributed by atoms with Crippen molar-refractivity contribution in [3.05, 3.63) is 125 Å². The summed E-state index contributed by atoms with van der Waals surface area (Å²) < 4.78 is 2.59. The molecule has 0 amide bonds. The maximum atomic E-state index is 6.77. The van der Waals surface area contributed by atoms with Crippen molar-refractivity contribution in [1.82, 2.24) is 0 Å². The molecule has 0 unspecified atom stereocenters. The van der Waals surface area contributed by atoms with Gasteiger partial charge >= 0.3 is 0 Å². The summed E-state index contributed by atoms with van der Waals surface area (Å²) in [7, 11) is 0. The second-order valence-electron chi connectivity index (χ2n) is 10.9. The fourth-order valence-corrected chi connectivity index (χ4v) is 6.52. The van der Waals surface area contributed by atoms with E-state index in [0.717, 1.165) is 33.2 Å². The first-order chi connectivity index (χ1) is 18.3. The highest BCUT2D eigenvalue weighted by Crippen LogP contribution is 2.43. The number of nitrogens with zero attached hydrogens (tertiary/aromatic N) is 1. The Morgan fingerprint density at radius 1 is 0.632 bits per heavy atom. The number of thiophene rings is 1. The van der Waals surface area contributed by atoms with E-state index < -0.39 is 0 Å². The minimum absolute atomic E-state index is 0.0840. The van der Waals surface area contributed by atoms with E-state index in [1.165, 1.54) is 31.3 Å². The fraction of sp³-hybridized carbons (Fsp3) is 0.143. The van der Waals surface area contributed by atoms with Crippen molar-refractivity contribution in [2.45, 2.75) is 33.1 Å². The van der Waals surface area contributed by atoms with Crippen molar-refractivity contribution < 1.29 is 0 Å². The monoisotopic (exact) mass is 531 g/mol. The second kappa shape index (κ2) is 9.62. The number of rotatable bonds is 4.